The third kappa shape index (κ3) is 3.38. The van der Waals surface area contributed by atoms with Crippen LogP contribution in [0.15, 0.2) is 28.7 Å². The Balaban J connectivity index is 1.75. The Hall–Kier alpha value is -2.10. The van der Waals surface area contributed by atoms with E-state index in [0.29, 0.717) is 28.4 Å². The Morgan fingerprint density at radius 2 is 1.96 bits per heavy atom. The number of nitrogens with one attached hydrogen (secondary N) is 1. The number of furan rings is 1. The minimum atomic E-state index is -1.09. The zero-order valence-electron chi connectivity index (χ0n) is 14.5. The highest BCUT2D eigenvalue weighted by Crippen LogP contribution is 2.39. The van der Waals surface area contributed by atoms with E-state index in [9.17, 15) is 15.3 Å². The van der Waals surface area contributed by atoms with Crippen molar-refractivity contribution in [1.82, 2.24) is 9.97 Å². The van der Waals surface area contributed by atoms with Crippen LogP contribution in [0.2, 0.25) is 10.2 Å². The lowest BCUT2D eigenvalue weighted by atomic mass is 10.1. The first kappa shape index (κ1) is 19.2. The Morgan fingerprint density at radius 1 is 1.18 bits per heavy atom. The predicted molar refractivity (Wildman–Crippen MR) is 106 cm³/mol. The fourth-order valence-corrected chi connectivity index (χ4v) is 3.98. The lowest BCUT2D eigenvalue weighted by Gasteiger charge is -2.20. The molecule has 8 nitrogen and oxygen atoms in total. The van der Waals surface area contributed by atoms with E-state index in [1.807, 2.05) is 0 Å². The standard InChI is InChI=1S/C18H18Cl2N4O4/c19-9-1-2-11-7(3-9)5-12(28-11)13-16(20)23-18(21)24-17(13)22-10-4-8(6-25)14(26)15(10)27/h1-3,5,8,10,14-15,25-27H,4,6H2,(H3,21,22,23,24)/t8-,10-,14-,15+/m1/s1. The average molecular weight is 425 g/mol. The van der Waals surface area contributed by atoms with E-state index in [1.54, 1.807) is 24.3 Å². The zero-order valence-corrected chi connectivity index (χ0v) is 16.0. The number of nitrogens with two attached hydrogens (primary N) is 1. The molecule has 6 N–H and O–H groups in total. The van der Waals surface area contributed by atoms with Gasteiger partial charge in [-0.25, -0.2) is 4.98 Å². The Morgan fingerprint density at radius 3 is 2.68 bits per heavy atom. The van der Waals surface area contributed by atoms with E-state index in [1.165, 1.54) is 0 Å². The number of aliphatic hydroxyl groups is 3. The first-order valence-electron chi connectivity index (χ1n) is 8.63. The largest absolute Gasteiger partial charge is 0.456 e. The number of anilines is 2. The molecule has 0 radical (unpaired) electrons. The van der Waals surface area contributed by atoms with Crippen LogP contribution >= 0.6 is 23.2 Å². The van der Waals surface area contributed by atoms with Crippen molar-refractivity contribution in [2.45, 2.75) is 24.7 Å². The molecule has 0 aliphatic heterocycles. The molecule has 0 saturated heterocycles. The van der Waals surface area contributed by atoms with E-state index in [0.717, 1.165) is 5.39 Å². The molecule has 4 rings (SSSR count). The number of nitrogens with zero attached hydrogens (tertiary/aromatic N) is 2. The maximum Gasteiger partial charge on any atom is 0.223 e. The molecule has 3 aromatic rings. The van der Waals surface area contributed by atoms with Gasteiger partial charge in [-0.15, -0.1) is 0 Å². The third-order valence-corrected chi connectivity index (χ3v) is 5.47. The SMILES string of the molecule is Nc1nc(Cl)c(-c2cc3cc(Cl)ccc3o2)c(N[C@@H]2C[C@H](CO)[C@@H](O)[C@H]2O)n1. The average Bonchev–Trinajstić information content (AvgIpc) is 3.16. The molecular formula is C18H18Cl2N4O4. The fraction of sp³-hybridized carbons (Fsp3) is 0.333. The molecule has 10 heteroatoms. The summed E-state index contributed by atoms with van der Waals surface area (Å²) in [6.07, 6.45) is -1.79. The van der Waals surface area contributed by atoms with Gasteiger partial charge in [-0.05, 0) is 30.7 Å². The van der Waals surface area contributed by atoms with Gasteiger partial charge in [0.1, 0.15) is 28.4 Å². The van der Waals surface area contributed by atoms with E-state index in [-0.39, 0.29) is 23.5 Å². The minimum Gasteiger partial charge on any atom is -0.456 e. The lowest BCUT2D eigenvalue weighted by molar-refractivity contribution is 0.00446. The van der Waals surface area contributed by atoms with Crippen LogP contribution < -0.4 is 11.1 Å². The van der Waals surface area contributed by atoms with Gasteiger partial charge in [-0.1, -0.05) is 23.2 Å². The van der Waals surface area contributed by atoms with Gasteiger partial charge in [0.2, 0.25) is 5.95 Å². The second kappa shape index (κ2) is 7.38. The van der Waals surface area contributed by atoms with Crippen LogP contribution in [0.5, 0.6) is 0 Å². The molecule has 1 fully saturated rings. The summed E-state index contributed by atoms with van der Waals surface area (Å²) in [6.45, 7) is -0.236. The number of benzene rings is 1. The van der Waals surface area contributed by atoms with Gasteiger partial charge < -0.3 is 30.8 Å². The number of nitrogen functional groups attached to an aromatic ring is 1. The van der Waals surface area contributed by atoms with Gasteiger partial charge in [0.25, 0.3) is 0 Å². The first-order valence-corrected chi connectivity index (χ1v) is 9.39. The van der Waals surface area contributed by atoms with Crippen molar-refractivity contribution < 1.29 is 19.7 Å². The van der Waals surface area contributed by atoms with Crippen molar-refractivity contribution in [2.24, 2.45) is 5.92 Å². The van der Waals surface area contributed by atoms with Crippen LogP contribution in [0.1, 0.15) is 6.42 Å². The van der Waals surface area contributed by atoms with Crippen LogP contribution in [0.4, 0.5) is 11.8 Å². The summed E-state index contributed by atoms with van der Waals surface area (Å²) in [7, 11) is 0. The van der Waals surface area contributed by atoms with Gasteiger partial charge in [-0.2, -0.15) is 4.98 Å². The number of halogens is 2. The maximum atomic E-state index is 10.3. The molecule has 0 bridgehead atoms. The maximum absolute atomic E-state index is 10.3. The summed E-state index contributed by atoms with van der Waals surface area (Å²) >= 11 is 12.4. The Kier molecular flexibility index (Phi) is 5.07. The van der Waals surface area contributed by atoms with Gasteiger partial charge in [0.15, 0.2) is 0 Å². The van der Waals surface area contributed by atoms with Crippen molar-refractivity contribution in [1.29, 1.82) is 0 Å². The van der Waals surface area contributed by atoms with Gasteiger partial charge >= 0.3 is 0 Å². The van der Waals surface area contributed by atoms with Crippen molar-refractivity contribution in [3.8, 4) is 11.3 Å². The summed E-state index contributed by atoms with van der Waals surface area (Å²) in [4.78, 5) is 8.19. The molecule has 2 heterocycles. The van der Waals surface area contributed by atoms with E-state index >= 15 is 0 Å². The Labute approximate surface area is 169 Å². The quantitative estimate of drug-likeness (QED) is 0.402. The highest BCUT2D eigenvalue weighted by molar-refractivity contribution is 6.33. The number of aliphatic hydroxyl groups excluding tert-OH is 3. The number of aromatic nitrogens is 2. The van der Waals surface area contributed by atoms with Crippen LogP contribution in [-0.4, -0.2) is 50.1 Å². The summed E-state index contributed by atoms with van der Waals surface area (Å²) < 4.78 is 5.87. The fourth-order valence-electron chi connectivity index (χ4n) is 3.53. The van der Waals surface area contributed by atoms with Crippen molar-refractivity contribution in [3.05, 3.63) is 34.4 Å². The smallest absolute Gasteiger partial charge is 0.223 e. The molecule has 4 atom stereocenters. The number of rotatable bonds is 4. The molecule has 1 saturated carbocycles. The molecule has 0 spiro atoms. The molecule has 0 amide bonds. The predicted octanol–water partition coefficient (Wildman–Crippen LogP) is 2.29. The molecule has 2 aromatic heterocycles. The molecular weight excluding hydrogens is 407 g/mol. The molecule has 1 aliphatic rings. The summed E-state index contributed by atoms with van der Waals surface area (Å²) in [6, 6.07) is 6.40. The summed E-state index contributed by atoms with van der Waals surface area (Å²) in [5.74, 6) is 0.162. The highest BCUT2D eigenvalue weighted by atomic mass is 35.5. The normalized spacial score (nSPS) is 24.8. The zero-order chi connectivity index (χ0) is 20.0. The molecule has 0 unspecified atom stereocenters. The minimum absolute atomic E-state index is 0.0536. The summed E-state index contributed by atoms with van der Waals surface area (Å²) in [5, 5.41) is 34.2. The van der Waals surface area contributed by atoms with Crippen molar-refractivity contribution in [2.75, 3.05) is 17.7 Å². The second-order valence-electron chi connectivity index (χ2n) is 6.80. The van der Waals surface area contributed by atoms with Gasteiger partial charge in [-0.3, -0.25) is 0 Å². The van der Waals surface area contributed by atoms with Crippen molar-refractivity contribution in [3.63, 3.8) is 0 Å². The van der Waals surface area contributed by atoms with E-state index in [4.69, 9.17) is 33.4 Å². The number of hydrogen-bond donors (Lipinski definition) is 5. The third-order valence-electron chi connectivity index (χ3n) is 4.97. The Bertz CT molecular complexity index is 1030. The van der Waals surface area contributed by atoms with Crippen LogP contribution in [0, 0.1) is 5.92 Å². The first-order chi connectivity index (χ1) is 13.4. The van der Waals surface area contributed by atoms with Gasteiger partial charge in [0.05, 0.1) is 17.7 Å². The summed E-state index contributed by atoms with van der Waals surface area (Å²) in [5.41, 5.74) is 6.72. The molecule has 148 valence electrons. The van der Waals surface area contributed by atoms with E-state index < -0.39 is 24.2 Å². The van der Waals surface area contributed by atoms with E-state index in [2.05, 4.69) is 15.3 Å². The molecule has 28 heavy (non-hydrogen) atoms. The second-order valence-corrected chi connectivity index (χ2v) is 7.59. The molecule has 1 aliphatic carbocycles. The molecule has 1 aromatic carbocycles. The lowest BCUT2D eigenvalue weighted by Crippen LogP contribution is -2.35. The topological polar surface area (TPSA) is 138 Å². The van der Waals surface area contributed by atoms with Crippen LogP contribution in [-0.2, 0) is 0 Å². The number of hydrogen-bond acceptors (Lipinski definition) is 8. The monoisotopic (exact) mass is 424 g/mol. The van der Waals surface area contributed by atoms with Gasteiger partial charge in [0, 0.05) is 22.9 Å². The number of fused-ring (bicyclic) bond motifs is 1. The van der Waals surface area contributed by atoms with Crippen LogP contribution in [0.3, 0.4) is 0 Å². The highest BCUT2D eigenvalue weighted by Gasteiger charge is 2.41. The van der Waals surface area contributed by atoms with Crippen molar-refractivity contribution >= 4 is 45.9 Å². The van der Waals surface area contributed by atoms with Crippen LogP contribution in [0.25, 0.3) is 22.3 Å².